The Balaban J connectivity index is 2.19. The van der Waals surface area contributed by atoms with Crippen LogP contribution >= 0.6 is 0 Å². The van der Waals surface area contributed by atoms with Crippen LogP contribution in [0.15, 0.2) is 24.3 Å². The fourth-order valence-corrected chi connectivity index (χ4v) is 2.43. The highest BCUT2D eigenvalue weighted by Gasteiger charge is 2.12. The second-order valence-electron chi connectivity index (χ2n) is 4.52. The smallest absolute Gasteiger partial charge is 0.0792 e. The van der Waals surface area contributed by atoms with Gasteiger partial charge in [-0.1, -0.05) is 49.9 Å². The van der Waals surface area contributed by atoms with Crippen molar-refractivity contribution < 1.29 is 5.11 Å². The van der Waals surface area contributed by atoms with E-state index in [1.165, 1.54) is 36.8 Å². The van der Waals surface area contributed by atoms with Crippen LogP contribution in [0.4, 0.5) is 0 Å². The first-order chi connectivity index (χ1) is 7.38. The van der Waals surface area contributed by atoms with Crippen molar-refractivity contribution in [2.45, 2.75) is 51.0 Å². The highest BCUT2D eigenvalue weighted by atomic mass is 16.3. The molecule has 1 N–H and O–H groups in total. The van der Waals surface area contributed by atoms with Crippen molar-refractivity contribution >= 4 is 0 Å². The van der Waals surface area contributed by atoms with E-state index >= 15 is 0 Å². The van der Waals surface area contributed by atoms with Crippen LogP contribution in [0.25, 0.3) is 0 Å². The maximum Gasteiger partial charge on any atom is 0.0792 e. The fourth-order valence-electron chi connectivity index (χ4n) is 2.43. The third kappa shape index (κ3) is 2.82. The van der Waals surface area contributed by atoms with E-state index in [1.54, 1.807) is 0 Å². The van der Waals surface area contributed by atoms with Crippen molar-refractivity contribution in [1.29, 1.82) is 0 Å². The van der Waals surface area contributed by atoms with Gasteiger partial charge >= 0.3 is 0 Å². The number of rotatable bonds is 0. The van der Waals surface area contributed by atoms with Crippen LogP contribution in [0.3, 0.4) is 0 Å². The van der Waals surface area contributed by atoms with Crippen LogP contribution in [0.2, 0.25) is 0 Å². The summed E-state index contributed by atoms with van der Waals surface area (Å²) in [5.41, 5.74) is 2.52. The van der Waals surface area contributed by atoms with Crippen LogP contribution in [0, 0.1) is 0 Å². The second kappa shape index (κ2) is 5.32. The molecule has 0 fully saturated rings. The molecule has 1 nitrogen and oxygen atoms in total. The Morgan fingerprint density at radius 3 is 2.60 bits per heavy atom. The molecule has 0 saturated heterocycles. The van der Waals surface area contributed by atoms with E-state index in [0.29, 0.717) is 0 Å². The van der Waals surface area contributed by atoms with Gasteiger partial charge in [-0.2, -0.15) is 0 Å². The van der Waals surface area contributed by atoms with E-state index in [0.717, 1.165) is 19.3 Å². The first-order valence-electron chi connectivity index (χ1n) is 6.14. The number of aliphatic hydroxyl groups is 1. The molecule has 0 unspecified atom stereocenters. The van der Waals surface area contributed by atoms with Crippen LogP contribution in [0.5, 0.6) is 0 Å². The lowest BCUT2D eigenvalue weighted by Crippen LogP contribution is -2.04. The number of hydrogen-bond donors (Lipinski definition) is 1. The topological polar surface area (TPSA) is 20.2 Å². The average molecular weight is 204 g/mol. The van der Waals surface area contributed by atoms with Gasteiger partial charge in [-0.25, -0.2) is 0 Å². The van der Waals surface area contributed by atoms with Gasteiger partial charge in [0, 0.05) is 0 Å². The van der Waals surface area contributed by atoms with Crippen molar-refractivity contribution in [2.75, 3.05) is 0 Å². The molecule has 1 aromatic carbocycles. The summed E-state index contributed by atoms with van der Waals surface area (Å²) in [6, 6.07) is 8.37. The standard InChI is InChI=1S/C14H20O/c15-14-11-5-3-1-2-4-8-12-9-6-7-10-13(12)14/h6-7,9-10,14-15H,1-5,8,11H2/t14-/m1/s1. The molecule has 1 aromatic rings. The normalized spacial score (nSPS) is 23.1. The van der Waals surface area contributed by atoms with Gasteiger partial charge in [-0.15, -0.1) is 0 Å². The summed E-state index contributed by atoms with van der Waals surface area (Å²) >= 11 is 0. The van der Waals surface area contributed by atoms with E-state index in [1.807, 2.05) is 6.07 Å². The Hall–Kier alpha value is -0.820. The maximum atomic E-state index is 10.1. The minimum Gasteiger partial charge on any atom is -0.388 e. The summed E-state index contributed by atoms with van der Waals surface area (Å²) in [4.78, 5) is 0. The number of aliphatic hydroxyl groups excluding tert-OH is 1. The summed E-state index contributed by atoms with van der Waals surface area (Å²) < 4.78 is 0. The van der Waals surface area contributed by atoms with Gasteiger partial charge in [-0.05, 0) is 30.4 Å². The third-order valence-electron chi connectivity index (χ3n) is 3.34. The molecule has 0 bridgehead atoms. The van der Waals surface area contributed by atoms with E-state index in [2.05, 4.69) is 18.2 Å². The monoisotopic (exact) mass is 204 g/mol. The molecule has 82 valence electrons. The summed E-state index contributed by atoms with van der Waals surface area (Å²) in [5.74, 6) is 0. The summed E-state index contributed by atoms with van der Waals surface area (Å²) in [6.45, 7) is 0. The molecule has 2 rings (SSSR count). The molecule has 0 amide bonds. The highest BCUT2D eigenvalue weighted by molar-refractivity contribution is 5.29. The lowest BCUT2D eigenvalue weighted by Gasteiger charge is -2.17. The number of hydrogen-bond acceptors (Lipinski definition) is 1. The Morgan fingerprint density at radius 2 is 1.67 bits per heavy atom. The zero-order valence-electron chi connectivity index (χ0n) is 9.28. The van der Waals surface area contributed by atoms with Gasteiger partial charge in [0.15, 0.2) is 0 Å². The Labute approximate surface area is 92.1 Å². The molecule has 1 atom stereocenters. The fraction of sp³-hybridized carbons (Fsp3) is 0.571. The molecular formula is C14H20O. The summed E-state index contributed by atoms with van der Waals surface area (Å²) in [7, 11) is 0. The molecule has 0 saturated carbocycles. The molecule has 15 heavy (non-hydrogen) atoms. The van der Waals surface area contributed by atoms with Crippen molar-refractivity contribution in [3.63, 3.8) is 0 Å². The molecule has 1 aliphatic carbocycles. The van der Waals surface area contributed by atoms with Crippen molar-refractivity contribution in [2.24, 2.45) is 0 Å². The van der Waals surface area contributed by atoms with E-state index in [-0.39, 0.29) is 6.10 Å². The minimum atomic E-state index is -0.237. The molecule has 0 heterocycles. The number of fused-ring (bicyclic) bond motifs is 1. The largest absolute Gasteiger partial charge is 0.388 e. The molecule has 0 aromatic heterocycles. The zero-order valence-corrected chi connectivity index (χ0v) is 9.28. The van der Waals surface area contributed by atoms with Crippen LogP contribution in [-0.2, 0) is 6.42 Å². The SMILES string of the molecule is O[C@@H]1CCCCCCCc2ccccc21. The minimum absolute atomic E-state index is 0.237. The van der Waals surface area contributed by atoms with Gasteiger partial charge in [0.25, 0.3) is 0 Å². The highest BCUT2D eigenvalue weighted by Crippen LogP contribution is 2.26. The summed E-state index contributed by atoms with van der Waals surface area (Å²) in [5, 5.41) is 10.1. The molecule has 0 radical (unpaired) electrons. The van der Waals surface area contributed by atoms with Gasteiger partial charge < -0.3 is 5.11 Å². The molecule has 0 spiro atoms. The Morgan fingerprint density at radius 1 is 0.933 bits per heavy atom. The lowest BCUT2D eigenvalue weighted by molar-refractivity contribution is 0.161. The predicted molar refractivity (Wildman–Crippen MR) is 62.8 cm³/mol. The van der Waals surface area contributed by atoms with Crippen molar-refractivity contribution in [3.8, 4) is 0 Å². The lowest BCUT2D eigenvalue weighted by atomic mass is 9.93. The Kier molecular flexibility index (Phi) is 3.79. The number of benzene rings is 1. The first-order valence-corrected chi connectivity index (χ1v) is 6.14. The van der Waals surface area contributed by atoms with Crippen LogP contribution < -0.4 is 0 Å². The maximum absolute atomic E-state index is 10.1. The van der Waals surface area contributed by atoms with E-state index in [9.17, 15) is 5.11 Å². The average Bonchev–Trinajstić information content (AvgIpc) is 2.28. The van der Waals surface area contributed by atoms with Crippen LogP contribution in [-0.4, -0.2) is 5.11 Å². The first kappa shape index (κ1) is 10.7. The van der Waals surface area contributed by atoms with Gasteiger partial charge in [0.2, 0.25) is 0 Å². The van der Waals surface area contributed by atoms with Crippen LogP contribution in [0.1, 0.15) is 55.8 Å². The quantitative estimate of drug-likeness (QED) is 0.684. The molecule has 1 heteroatoms. The van der Waals surface area contributed by atoms with Gasteiger partial charge in [0.1, 0.15) is 0 Å². The third-order valence-corrected chi connectivity index (χ3v) is 3.34. The van der Waals surface area contributed by atoms with Crippen molar-refractivity contribution in [1.82, 2.24) is 0 Å². The van der Waals surface area contributed by atoms with E-state index < -0.39 is 0 Å². The Bertz CT molecular complexity index is 306. The van der Waals surface area contributed by atoms with Gasteiger partial charge in [0.05, 0.1) is 6.10 Å². The number of aryl methyl sites for hydroxylation is 1. The molecular weight excluding hydrogens is 184 g/mol. The molecule has 1 aliphatic rings. The van der Waals surface area contributed by atoms with E-state index in [4.69, 9.17) is 0 Å². The molecule has 0 aliphatic heterocycles. The zero-order chi connectivity index (χ0) is 10.5. The van der Waals surface area contributed by atoms with Gasteiger partial charge in [-0.3, -0.25) is 0 Å². The second-order valence-corrected chi connectivity index (χ2v) is 4.52. The predicted octanol–water partition coefficient (Wildman–Crippen LogP) is 3.62. The summed E-state index contributed by atoms with van der Waals surface area (Å²) in [6.07, 6.45) is 8.20. The van der Waals surface area contributed by atoms with Crippen molar-refractivity contribution in [3.05, 3.63) is 35.4 Å².